The Kier molecular flexibility index (Phi) is 4.48. The molecule has 0 aromatic heterocycles. The van der Waals surface area contributed by atoms with E-state index in [1.807, 2.05) is 12.1 Å². The van der Waals surface area contributed by atoms with Crippen molar-refractivity contribution in [3.05, 3.63) is 58.6 Å². The minimum Gasteiger partial charge on any atom is -0.371 e. The smallest absolute Gasteiger partial charge is 0.243 e. The summed E-state index contributed by atoms with van der Waals surface area (Å²) in [6.45, 7) is 0.812. The van der Waals surface area contributed by atoms with Gasteiger partial charge in [0.15, 0.2) is 0 Å². The van der Waals surface area contributed by atoms with Gasteiger partial charge in [0.1, 0.15) is 0 Å². The van der Waals surface area contributed by atoms with E-state index in [2.05, 4.69) is 5.32 Å². The van der Waals surface area contributed by atoms with E-state index in [9.17, 15) is 13.2 Å². The maximum Gasteiger partial charge on any atom is 0.243 e. The van der Waals surface area contributed by atoms with E-state index >= 15 is 0 Å². The SMILES string of the molecule is O=C1Cc2cc(S(=O)(=O)N3CCOC(c4cccc(Cl)c4)C3)ccc2N1. The second-order valence-electron chi connectivity index (χ2n) is 6.32. The van der Waals surface area contributed by atoms with Crippen molar-refractivity contribution in [2.24, 2.45) is 0 Å². The molecule has 1 amide bonds. The van der Waals surface area contributed by atoms with Crippen LogP contribution in [0.3, 0.4) is 0 Å². The molecule has 1 unspecified atom stereocenters. The number of nitrogens with zero attached hydrogens (tertiary/aromatic N) is 1. The number of ether oxygens (including phenoxy) is 1. The van der Waals surface area contributed by atoms with Gasteiger partial charge in [-0.1, -0.05) is 23.7 Å². The molecular formula is C18H17ClN2O4S. The summed E-state index contributed by atoms with van der Waals surface area (Å²) < 4.78 is 33.3. The molecule has 0 bridgehead atoms. The first-order valence-electron chi connectivity index (χ1n) is 8.23. The number of nitrogens with one attached hydrogen (secondary N) is 1. The monoisotopic (exact) mass is 392 g/mol. The summed E-state index contributed by atoms with van der Waals surface area (Å²) in [5.74, 6) is -0.123. The molecule has 6 nitrogen and oxygen atoms in total. The van der Waals surface area contributed by atoms with Crippen LogP contribution in [0.5, 0.6) is 0 Å². The maximum atomic E-state index is 13.1. The molecule has 8 heteroatoms. The van der Waals surface area contributed by atoms with Crippen LogP contribution in [-0.4, -0.2) is 38.3 Å². The van der Waals surface area contributed by atoms with Crippen LogP contribution < -0.4 is 5.32 Å². The topological polar surface area (TPSA) is 75.7 Å². The second kappa shape index (κ2) is 6.66. The Labute approximate surface area is 156 Å². The number of halogens is 1. The molecule has 136 valence electrons. The third-order valence-electron chi connectivity index (χ3n) is 4.59. The van der Waals surface area contributed by atoms with Crippen molar-refractivity contribution in [2.45, 2.75) is 17.4 Å². The van der Waals surface area contributed by atoms with E-state index in [-0.39, 0.29) is 36.4 Å². The Balaban J connectivity index is 1.60. The van der Waals surface area contributed by atoms with Gasteiger partial charge in [-0.05, 0) is 41.5 Å². The van der Waals surface area contributed by atoms with Gasteiger partial charge in [-0.3, -0.25) is 4.79 Å². The molecule has 0 radical (unpaired) electrons. The highest BCUT2D eigenvalue weighted by molar-refractivity contribution is 7.89. The van der Waals surface area contributed by atoms with E-state index in [0.717, 1.165) is 5.56 Å². The fourth-order valence-electron chi connectivity index (χ4n) is 3.27. The zero-order chi connectivity index (χ0) is 18.3. The standard InChI is InChI=1S/C18H17ClN2O4S/c19-14-3-1-2-12(8-14)17-11-21(6-7-25-17)26(23,24)15-4-5-16-13(9-15)10-18(22)20-16/h1-5,8-9,17H,6-7,10-11H2,(H,20,22). The minimum absolute atomic E-state index is 0.123. The van der Waals surface area contributed by atoms with Crippen LogP contribution in [0.4, 0.5) is 5.69 Å². The Hall–Kier alpha value is -1.93. The maximum absolute atomic E-state index is 13.1. The van der Waals surface area contributed by atoms with Crippen LogP contribution in [0, 0.1) is 0 Å². The summed E-state index contributed by atoms with van der Waals surface area (Å²) in [5, 5.41) is 3.29. The van der Waals surface area contributed by atoms with Crippen LogP contribution in [0.2, 0.25) is 5.02 Å². The Bertz CT molecular complexity index is 977. The molecule has 0 saturated carbocycles. The van der Waals surface area contributed by atoms with Gasteiger partial charge in [-0.25, -0.2) is 8.42 Å². The van der Waals surface area contributed by atoms with Crippen molar-refractivity contribution >= 4 is 33.2 Å². The van der Waals surface area contributed by atoms with Crippen molar-refractivity contribution in [3.63, 3.8) is 0 Å². The normalized spacial score (nSPS) is 20.7. The summed E-state index contributed by atoms with van der Waals surface area (Å²) in [5.41, 5.74) is 2.23. The number of hydrogen-bond donors (Lipinski definition) is 1. The van der Waals surface area contributed by atoms with Crippen LogP contribution >= 0.6 is 11.6 Å². The lowest BCUT2D eigenvalue weighted by molar-refractivity contribution is -0.115. The highest BCUT2D eigenvalue weighted by atomic mass is 35.5. The van der Waals surface area contributed by atoms with Gasteiger partial charge >= 0.3 is 0 Å². The Morgan fingerprint density at radius 1 is 1.19 bits per heavy atom. The van der Waals surface area contributed by atoms with E-state index in [1.54, 1.807) is 24.3 Å². The number of fused-ring (bicyclic) bond motifs is 1. The fourth-order valence-corrected chi connectivity index (χ4v) is 4.94. The molecule has 2 aromatic rings. The number of amides is 1. The van der Waals surface area contributed by atoms with E-state index in [1.165, 1.54) is 10.4 Å². The Morgan fingerprint density at radius 2 is 2.04 bits per heavy atom. The molecule has 1 saturated heterocycles. The van der Waals surface area contributed by atoms with Crippen LogP contribution in [0.15, 0.2) is 47.4 Å². The molecule has 0 aliphatic carbocycles. The van der Waals surface area contributed by atoms with Gasteiger partial charge in [0, 0.05) is 23.8 Å². The average molecular weight is 393 g/mol. The zero-order valence-corrected chi connectivity index (χ0v) is 15.4. The number of morpholine rings is 1. The number of carbonyl (C=O) groups excluding carboxylic acids is 1. The van der Waals surface area contributed by atoms with Crippen LogP contribution in [0.1, 0.15) is 17.2 Å². The third kappa shape index (κ3) is 3.23. The third-order valence-corrected chi connectivity index (χ3v) is 6.69. The predicted octanol–water partition coefficient (Wildman–Crippen LogP) is 2.60. The van der Waals surface area contributed by atoms with Gasteiger partial charge in [0.05, 0.1) is 24.0 Å². The highest BCUT2D eigenvalue weighted by Gasteiger charge is 2.32. The van der Waals surface area contributed by atoms with Gasteiger partial charge in [0.25, 0.3) is 0 Å². The Morgan fingerprint density at radius 3 is 2.85 bits per heavy atom. The lowest BCUT2D eigenvalue weighted by Crippen LogP contribution is -2.42. The zero-order valence-electron chi connectivity index (χ0n) is 13.8. The van der Waals surface area contributed by atoms with Gasteiger partial charge in [0.2, 0.25) is 15.9 Å². The minimum atomic E-state index is -3.67. The molecule has 2 aromatic carbocycles. The summed E-state index contributed by atoms with van der Waals surface area (Å²) in [6.07, 6.45) is -0.165. The van der Waals surface area contributed by atoms with Crippen LogP contribution in [-0.2, 0) is 26.0 Å². The van der Waals surface area contributed by atoms with Gasteiger partial charge < -0.3 is 10.1 Å². The van der Waals surface area contributed by atoms with E-state index in [4.69, 9.17) is 16.3 Å². The number of rotatable bonds is 3. The quantitative estimate of drug-likeness (QED) is 0.871. The first-order valence-corrected chi connectivity index (χ1v) is 10.1. The van der Waals surface area contributed by atoms with Crippen molar-refractivity contribution in [1.29, 1.82) is 0 Å². The highest BCUT2D eigenvalue weighted by Crippen LogP contribution is 2.30. The van der Waals surface area contributed by atoms with E-state index < -0.39 is 10.0 Å². The predicted molar refractivity (Wildman–Crippen MR) is 97.7 cm³/mol. The number of carbonyl (C=O) groups is 1. The van der Waals surface area contributed by atoms with Crippen molar-refractivity contribution in [2.75, 3.05) is 25.0 Å². The second-order valence-corrected chi connectivity index (χ2v) is 8.70. The number of benzene rings is 2. The molecule has 2 aliphatic heterocycles. The summed E-state index contributed by atoms with van der Waals surface area (Å²) in [6, 6.07) is 12.0. The molecule has 26 heavy (non-hydrogen) atoms. The first-order chi connectivity index (χ1) is 12.4. The summed E-state index contributed by atoms with van der Waals surface area (Å²) >= 11 is 6.03. The van der Waals surface area contributed by atoms with Gasteiger partial charge in [-0.2, -0.15) is 4.31 Å². The number of sulfonamides is 1. The lowest BCUT2D eigenvalue weighted by atomic mass is 10.1. The molecule has 4 rings (SSSR count). The first kappa shape index (κ1) is 17.5. The molecule has 1 N–H and O–H groups in total. The summed E-state index contributed by atoms with van der Waals surface area (Å²) in [7, 11) is -3.67. The van der Waals surface area contributed by atoms with Crippen molar-refractivity contribution in [3.8, 4) is 0 Å². The molecular weight excluding hydrogens is 376 g/mol. The van der Waals surface area contributed by atoms with Crippen molar-refractivity contribution in [1.82, 2.24) is 4.31 Å². The van der Waals surface area contributed by atoms with E-state index in [0.29, 0.717) is 22.9 Å². The largest absolute Gasteiger partial charge is 0.371 e. The number of anilines is 1. The molecule has 2 aliphatic rings. The summed E-state index contributed by atoms with van der Waals surface area (Å²) in [4.78, 5) is 11.7. The molecule has 0 spiro atoms. The lowest BCUT2D eigenvalue weighted by Gasteiger charge is -2.32. The van der Waals surface area contributed by atoms with Crippen LogP contribution in [0.25, 0.3) is 0 Å². The fraction of sp³-hybridized carbons (Fsp3) is 0.278. The number of hydrogen-bond acceptors (Lipinski definition) is 4. The molecule has 1 atom stereocenters. The molecule has 2 heterocycles. The average Bonchev–Trinajstić information content (AvgIpc) is 3.01. The molecule has 1 fully saturated rings. The van der Waals surface area contributed by atoms with Gasteiger partial charge in [-0.15, -0.1) is 0 Å². The van der Waals surface area contributed by atoms with Crippen molar-refractivity contribution < 1.29 is 17.9 Å².